The molecule has 0 fully saturated rings. The van der Waals surface area contributed by atoms with E-state index in [1.807, 2.05) is 14.1 Å². The van der Waals surface area contributed by atoms with Gasteiger partial charge in [-0.2, -0.15) is 0 Å². The average Bonchev–Trinajstić information content (AvgIpc) is 3.06. The van der Waals surface area contributed by atoms with Crippen LogP contribution in [0.2, 0.25) is 0 Å². The molecule has 0 amide bonds. The number of nitrogens with zero attached hydrogens (tertiary/aromatic N) is 1. The Balaban J connectivity index is 4.46. The minimum Gasteiger partial charge on any atom is -0.462 e. The Morgan fingerprint density at radius 1 is 0.653 bits per heavy atom. The van der Waals surface area contributed by atoms with Crippen LogP contribution < -0.4 is 0 Å². The first-order valence-electron chi connectivity index (χ1n) is 18.9. The van der Waals surface area contributed by atoms with Crippen LogP contribution >= 0.6 is 7.82 Å². The summed E-state index contributed by atoms with van der Waals surface area (Å²) < 4.78 is 33.3. The van der Waals surface area contributed by atoms with Crippen LogP contribution in [0.4, 0.5) is 0 Å². The number of esters is 2. The van der Waals surface area contributed by atoms with Crippen LogP contribution in [0.1, 0.15) is 142 Å². The van der Waals surface area contributed by atoms with Crippen LogP contribution in [0.5, 0.6) is 0 Å². The molecule has 0 rings (SSSR count). The first kappa shape index (κ1) is 47.0. The van der Waals surface area contributed by atoms with Gasteiger partial charge in [0.15, 0.2) is 6.10 Å². The molecule has 0 heterocycles. The zero-order valence-electron chi connectivity index (χ0n) is 31.4. The van der Waals surface area contributed by atoms with Gasteiger partial charge < -0.3 is 19.3 Å². The second-order valence-electron chi connectivity index (χ2n) is 12.7. The number of hydrogen-bond acceptors (Lipinski definition) is 8. The van der Waals surface area contributed by atoms with Gasteiger partial charge >= 0.3 is 19.8 Å². The van der Waals surface area contributed by atoms with Gasteiger partial charge in [-0.3, -0.25) is 18.6 Å². The van der Waals surface area contributed by atoms with E-state index in [-0.39, 0.29) is 32.0 Å². The Kier molecular flexibility index (Phi) is 33.0. The van der Waals surface area contributed by atoms with Crippen molar-refractivity contribution >= 4 is 19.8 Å². The highest BCUT2D eigenvalue weighted by Crippen LogP contribution is 2.43. The van der Waals surface area contributed by atoms with Crippen molar-refractivity contribution in [1.82, 2.24) is 4.90 Å². The monoisotopic (exact) mass is 711 g/mol. The zero-order valence-corrected chi connectivity index (χ0v) is 32.3. The maximum absolute atomic E-state index is 12.6. The summed E-state index contributed by atoms with van der Waals surface area (Å²) in [7, 11) is -0.735. The van der Waals surface area contributed by atoms with Gasteiger partial charge in [0.1, 0.15) is 6.61 Å². The minimum absolute atomic E-state index is 0.00153. The van der Waals surface area contributed by atoms with E-state index in [0.717, 1.165) is 57.8 Å². The molecule has 0 aliphatic rings. The van der Waals surface area contributed by atoms with Crippen molar-refractivity contribution in [1.29, 1.82) is 0 Å². The highest BCUT2D eigenvalue weighted by molar-refractivity contribution is 7.47. The normalized spacial score (nSPS) is 14.1. The fraction of sp³-hybridized carbons (Fsp3) is 0.744. The number of phosphoric ester groups is 1. The van der Waals surface area contributed by atoms with E-state index in [1.54, 1.807) is 4.90 Å². The van der Waals surface area contributed by atoms with E-state index in [2.05, 4.69) is 62.5 Å². The van der Waals surface area contributed by atoms with Crippen LogP contribution in [0.15, 0.2) is 48.6 Å². The first-order chi connectivity index (χ1) is 23.7. The molecule has 0 saturated heterocycles. The van der Waals surface area contributed by atoms with Crippen molar-refractivity contribution in [3.05, 3.63) is 48.6 Å². The van der Waals surface area contributed by atoms with Crippen molar-refractivity contribution < 1.29 is 37.6 Å². The summed E-state index contributed by atoms with van der Waals surface area (Å²) in [4.78, 5) is 36.8. The summed E-state index contributed by atoms with van der Waals surface area (Å²) in [6.45, 7) is 4.13. The van der Waals surface area contributed by atoms with Gasteiger partial charge in [-0.1, -0.05) is 127 Å². The fourth-order valence-electron chi connectivity index (χ4n) is 4.74. The third-order valence-corrected chi connectivity index (χ3v) is 8.63. The summed E-state index contributed by atoms with van der Waals surface area (Å²) in [6, 6.07) is 0. The van der Waals surface area contributed by atoms with Gasteiger partial charge in [-0.05, 0) is 65.5 Å². The molecule has 0 radical (unpaired) electrons. The predicted molar refractivity (Wildman–Crippen MR) is 201 cm³/mol. The molecule has 9 nitrogen and oxygen atoms in total. The highest BCUT2D eigenvalue weighted by atomic mass is 31.2. The number of unbranched alkanes of at least 4 members (excludes halogenated alkanes) is 12. The number of ether oxygens (including phenoxy) is 2. The third-order valence-electron chi connectivity index (χ3n) is 7.65. The number of hydrogen-bond donors (Lipinski definition) is 1. The Bertz CT molecular complexity index is 963. The third kappa shape index (κ3) is 35.6. The van der Waals surface area contributed by atoms with Crippen LogP contribution in [-0.2, 0) is 32.7 Å². The highest BCUT2D eigenvalue weighted by Gasteiger charge is 2.26. The summed E-state index contributed by atoms with van der Waals surface area (Å²) in [5, 5.41) is 0. The molecule has 2 atom stereocenters. The second kappa shape index (κ2) is 34.4. The fourth-order valence-corrected chi connectivity index (χ4v) is 5.48. The molecule has 0 spiro atoms. The molecule has 0 saturated carbocycles. The maximum Gasteiger partial charge on any atom is 0.472 e. The lowest BCUT2D eigenvalue weighted by molar-refractivity contribution is -0.161. The van der Waals surface area contributed by atoms with Crippen molar-refractivity contribution in [2.75, 3.05) is 40.5 Å². The summed E-state index contributed by atoms with van der Waals surface area (Å²) >= 11 is 0. The Hall–Kier alpha value is -2.03. The van der Waals surface area contributed by atoms with Crippen molar-refractivity contribution in [2.45, 2.75) is 148 Å². The summed E-state index contributed by atoms with van der Waals surface area (Å²) in [6.07, 6.45) is 35.9. The average molecular weight is 712 g/mol. The molecule has 0 aliphatic heterocycles. The van der Waals surface area contributed by atoms with E-state index in [4.69, 9.17) is 18.5 Å². The first-order valence-corrected chi connectivity index (χ1v) is 20.4. The molecule has 2 unspecified atom stereocenters. The zero-order chi connectivity index (χ0) is 36.3. The number of carbonyl (C=O) groups is 2. The Labute approximate surface area is 299 Å². The van der Waals surface area contributed by atoms with E-state index < -0.39 is 26.5 Å². The predicted octanol–water partition coefficient (Wildman–Crippen LogP) is 10.2. The lowest BCUT2D eigenvalue weighted by Crippen LogP contribution is -2.29. The second-order valence-corrected chi connectivity index (χ2v) is 14.2. The molecule has 0 bridgehead atoms. The molecule has 284 valence electrons. The van der Waals surface area contributed by atoms with Gasteiger partial charge in [0.25, 0.3) is 0 Å². The number of phosphoric acid groups is 1. The molecular weight excluding hydrogens is 641 g/mol. The summed E-state index contributed by atoms with van der Waals surface area (Å²) in [5.74, 6) is -0.856. The van der Waals surface area contributed by atoms with Gasteiger partial charge in [-0.25, -0.2) is 4.57 Å². The Morgan fingerprint density at radius 3 is 1.73 bits per heavy atom. The Morgan fingerprint density at radius 2 is 1.16 bits per heavy atom. The van der Waals surface area contributed by atoms with Gasteiger partial charge in [0.2, 0.25) is 0 Å². The maximum atomic E-state index is 12.6. The van der Waals surface area contributed by atoms with Gasteiger partial charge in [-0.15, -0.1) is 0 Å². The molecule has 0 aromatic carbocycles. The topological polar surface area (TPSA) is 112 Å². The number of carbonyl (C=O) groups excluding carboxylic acids is 2. The van der Waals surface area contributed by atoms with Crippen LogP contribution in [-0.4, -0.2) is 68.3 Å². The summed E-state index contributed by atoms with van der Waals surface area (Å²) in [5.41, 5.74) is 0. The number of likely N-dealkylation sites (N-methyl/N-ethyl adjacent to an activating group) is 1. The molecule has 1 N–H and O–H groups in total. The molecule has 0 aromatic rings. The van der Waals surface area contributed by atoms with Crippen LogP contribution in [0.25, 0.3) is 0 Å². The SMILES string of the molecule is CC/C=C\C/C=C\C/C=C\C/C=C\CCCCC(=O)OC(COC(=O)CCCCCCCCCCCCC)COP(=O)(O)OCCN(C)C. The van der Waals surface area contributed by atoms with Crippen molar-refractivity contribution in [3.63, 3.8) is 0 Å². The lowest BCUT2D eigenvalue weighted by atomic mass is 10.1. The molecule has 0 aliphatic carbocycles. The largest absolute Gasteiger partial charge is 0.472 e. The van der Waals surface area contributed by atoms with Crippen molar-refractivity contribution in [3.8, 4) is 0 Å². The van der Waals surface area contributed by atoms with E-state index in [9.17, 15) is 19.0 Å². The van der Waals surface area contributed by atoms with Crippen molar-refractivity contribution in [2.24, 2.45) is 0 Å². The van der Waals surface area contributed by atoms with Crippen LogP contribution in [0.3, 0.4) is 0 Å². The number of allylic oxidation sites excluding steroid dienone is 8. The molecule has 0 aromatic heterocycles. The molecule has 10 heteroatoms. The number of rotatable bonds is 34. The van der Waals surface area contributed by atoms with Gasteiger partial charge in [0.05, 0.1) is 13.2 Å². The quantitative estimate of drug-likeness (QED) is 0.0302. The minimum atomic E-state index is -4.36. The molecule has 49 heavy (non-hydrogen) atoms. The van der Waals surface area contributed by atoms with E-state index in [1.165, 1.54) is 51.4 Å². The smallest absolute Gasteiger partial charge is 0.462 e. The van der Waals surface area contributed by atoms with Gasteiger partial charge in [0, 0.05) is 19.4 Å². The van der Waals surface area contributed by atoms with Crippen LogP contribution in [0, 0.1) is 0 Å². The van der Waals surface area contributed by atoms with E-state index >= 15 is 0 Å². The van der Waals surface area contributed by atoms with E-state index in [0.29, 0.717) is 13.0 Å². The molecular formula is C39H70NO8P. The lowest BCUT2D eigenvalue weighted by Gasteiger charge is -2.20. The standard InChI is InChI=1S/C39H70NO8P/c1-5-7-9-11-13-15-17-18-19-20-22-24-26-28-30-32-39(42)48-37(36-47-49(43,44)46-34-33-40(3)4)35-45-38(41)31-29-27-25-23-21-16-14-12-10-8-6-2/h7,9,13,15,18-19,22,24,37H,5-6,8,10-12,14,16-17,20-21,23,25-36H2,1-4H3,(H,43,44)/b9-7-,15-13-,19-18-,24-22-.